The Kier molecular flexibility index (Phi) is 9.09. The number of hydrogen-bond acceptors (Lipinski definition) is 0. The second-order valence-electron chi connectivity index (χ2n) is 7.01. The fourth-order valence-corrected chi connectivity index (χ4v) is 3.97. The second kappa shape index (κ2) is 10.3. The standard InChI is InChI=1S/C21H38/c1-5-9-13-19-15-16-20(14-10-6-2)21(19,17-11-7-3)18-12-8-4/h15,19H,5-14,17-18H2,1-4H3. The predicted molar refractivity (Wildman–Crippen MR) is 95.6 cm³/mol. The first-order valence-corrected chi connectivity index (χ1v) is 9.71. The van der Waals surface area contributed by atoms with Crippen LogP contribution in [0.1, 0.15) is 105 Å². The maximum Gasteiger partial charge on any atom is 0.00564 e. The Labute approximate surface area is 134 Å². The van der Waals surface area contributed by atoms with Crippen molar-refractivity contribution in [3.8, 4) is 0 Å². The van der Waals surface area contributed by atoms with Gasteiger partial charge >= 0.3 is 0 Å². The average molecular weight is 291 g/mol. The molecule has 0 radical (unpaired) electrons. The van der Waals surface area contributed by atoms with Crippen LogP contribution in [0.3, 0.4) is 0 Å². The molecule has 0 bridgehead atoms. The molecule has 0 heterocycles. The number of rotatable bonds is 12. The van der Waals surface area contributed by atoms with E-state index in [1.807, 2.05) is 0 Å². The number of unbranched alkanes of at least 4 members (excludes halogenated alkanes) is 4. The zero-order valence-electron chi connectivity index (χ0n) is 15.1. The third-order valence-corrected chi connectivity index (χ3v) is 5.37. The van der Waals surface area contributed by atoms with Crippen molar-refractivity contribution in [1.82, 2.24) is 0 Å². The van der Waals surface area contributed by atoms with Crippen molar-refractivity contribution < 1.29 is 0 Å². The van der Waals surface area contributed by atoms with Gasteiger partial charge in [-0.15, -0.1) is 5.73 Å². The molecular formula is C21H38. The van der Waals surface area contributed by atoms with E-state index in [-0.39, 0.29) is 0 Å². The molecule has 0 N–H and O–H groups in total. The molecule has 1 aliphatic carbocycles. The van der Waals surface area contributed by atoms with E-state index in [1.54, 1.807) is 5.57 Å². The smallest absolute Gasteiger partial charge is 0.00564 e. The van der Waals surface area contributed by atoms with Crippen molar-refractivity contribution in [3.05, 3.63) is 17.4 Å². The molecular weight excluding hydrogens is 252 g/mol. The summed E-state index contributed by atoms with van der Waals surface area (Å²) in [5.74, 6) is 0.780. The second-order valence-corrected chi connectivity index (χ2v) is 7.01. The van der Waals surface area contributed by atoms with E-state index < -0.39 is 0 Å². The normalized spacial score (nSPS) is 20.0. The Morgan fingerprint density at radius 2 is 1.43 bits per heavy atom. The van der Waals surface area contributed by atoms with E-state index >= 15 is 0 Å². The molecule has 1 rings (SSSR count). The van der Waals surface area contributed by atoms with Crippen LogP contribution in [0.4, 0.5) is 0 Å². The molecule has 122 valence electrons. The van der Waals surface area contributed by atoms with Gasteiger partial charge in [-0.25, -0.2) is 0 Å². The lowest BCUT2D eigenvalue weighted by molar-refractivity contribution is 0.193. The SMILES string of the molecule is CCCCC1=C=CC(CCCC)C1(CCCC)CCCC. The minimum absolute atomic E-state index is 0.482. The predicted octanol–water partition coefficient (Wildman–Crippen LogP) is 7.44. The molecule has 0 aliphatic heterocycles. The summed E-state index contributed by atoms with van der Waals surface area (Å²) in [5.41, 5.74) is 5.92. The van der Waals surface area contributed by atoms with Gasteiger partial charge in [0.1, 0.15) is 0 Å². The van der Waals surface area contributed by atoms with Crippen LogP contribution in [-0.4, -0.2) is 0 Å². The fraction of sp³-hybridized carbons (Fsp3) is 0.857. The highest BCUT2D eigenvalue weighted by molar-refractivity contribution is 5.25. The Bertz CT molecular complexity index is 322. The first-order valence-electron chi connectivity index (χ1n) is 9.71. The molecule has 0 spiro atoms. The summed E-state index contributed by atoms with van der Waals surface area (Å²) in [7, 11) is 0. The van der Waals surface area contributed by atoms with E-state index in [0.29, 0.717) is 5.41 Å². The largest absolute Gasteiger partial charge is 0.125 e. The summed E-state index contributed by atoms with van der Waals surface area (Å²) >= 11 is 0. The maximum absolute atomic E-state index is 3.75. The number of hydrogen-bond donors (Lipinski definition) is 0. The van der Waals surface area contributed by atoms with Gasteiger partial charge in [-0.2, -0.15) is 0 Å². The highest BCUT2D eigenvalue weighted by Crippen LogP contribution is 2.51. The van der Waals surface area contributed by atoms with Crippen LogP contribution >= 0.6 is 0 Å². The molecule has 0 aromatic rings. The summed E-state index contributed by atoms with van der Waals surface area (Å²) in [6, 6.07) is 0. The van der Waals surface area contributed by atoms with Crippen molar-refractivity contribution in [2.45, 2.75) is 105 Å². The van der Waals surface area contributed by atoms with Crippen LogP contribution in [-0.2, 0) is 0 Å². The van der Waals surface area contributed by atoms with Crippen LogP contribution in [0.15, 0.2) is 17.4 Å². The Balaban J connectivity index is 2.89. The van der Waals surface area contributed by atoms with Gasteiger partial charge in [0, 0.05) is 5.41 Å². The van der Waals surface area contributed by atoms with Crippen molar-refractivity contribution in [1.29, 1.82) is 0 Å². The topological polar surface area (TPSA) is 0 Å². The molecule has 0 fully saturated rings. The molecule has 0 aromatic heterocycles. The Morgan fingerprint density at radius 1 is 0.857 bits per heavy atom. The molecule has 0 saturated heterocycles. The van der Waals surface area contributed by atoms with Gasteiger partial charge in [0.25, 0.3) is 0 Å². The van der Waals surface area contributed by atoms with Crippen molar-refractivity contribution in [2.24, 2.45) is 11.3 Å². The van der Waals surface area contributed by atoms with Gasteiger partial charge in [0.2, 0.25) is 0 Å². The molecule has 0 amide bonds. The summed E-state index contributed by atoms with van der Waals surface area (Å²) in [5, 5.41) is 0. The quantitative estimate of drug-likeness (QED) is 0.327. The van der Waals surface area contributed by atoms with Crippen LogP contribution < -0.4 is 0 Å². The van der Waals surface area contributed by atoms with Crippen LogP contribution in [0.25, 0.3) is 0 Å². The third-order valence-electron chi connectivity index (χ3n) is 5.37. The zero-order chi connectivity index (χ0) is 15.6. The molecule has 1 atom stereocenters. The van der Waals surface area contributed by atoms with Gasteiger partial charge in [0.15, 0.2) is 0 Å². The van der Waals surface area contributed by atoms with Gasteiger partial charge in [-0.3, -0.25) is 0 Å². The number of allylic oxidation sites excluding steroid dienone is 1. The monoisotopic (exact) mass is 290 g/mol. The van der Waals surface area contributed by atoms with Crippen molar-refractivity contribution >= 4 is 0 Å². The first-order chi connectivity index (χ1) is 10.2. The average Bonchev–Trinajstić information content (AvgIpc) is 2.84. The molecule has 0 saturated carbocycles. The third kappa shape index (κ3) is 5.03. The van der Waals surface area contributed by atoms with E-state index in [9.17, 15) is 0 Å². The summed E-state index contributed by atoms with van der Waals surface area (Å²) in [6.07, 6.45) is 18.7. The minimum Gasteiger partial charge on any atom is -0.125 e. The van der Waals surface area contributed by atoms with E-state index in [2.05, 4.69) is 39.5 Å². The molecule has 0 nitrogen and oxygen atoms in total. The Morgan fingerprint density at radius 3 is 1.95 bits per heavy atom. The van der Waals surface area contributed by atoms with Crippen LogP contribution in [0, 0.1) is 11.3 Å². The highest BCUT2D eigenvalue weighted by atomic mass is 14.4. The summed E-state index contributed by atoms with van der Waals surface area (Å²) < 4.78 is 0. The van der Waals surface area contributed by atoms with Gasteiger partial charge in [0.05, 0.1) is 0 Å². The first kappa shape index (κ1) is 18.6. The highest BCUT2D eigenvalue weighted by Gasteiger charge is 2.41. The van der Waals surface area contributed by atoms with Crippen molar-refractivity contribution in [3.63, 3.8) is 0 Å². The molecule has 1 aliphatic rings. The van der Waals surface area contributed by atoms with Crippen LogP contribution in [0.5, 0.6) is 0 Å². The summed E-state index contributed by atoms with van der Waals surface area (Å²) in [4.78, 5) is 0. The Hall–Kier alpha value is -0.480. The molecule has 1 unspecified atom stereocenters. The van der Waals surface area contributed by atoms with Gasteiger partial charge < -0.3 is 0 Å². The molecule has 0 aromatic carbocycles. The van der Waals surface area contributed by atoms with E-state index in [1.165, 1.54) is 77.0 Å². The lowest BCUT2D eigenvalue weighted by Gasteiger charge is -2.39. The molecule has 21 heavy (non-hydrogen) atoms. The lowest BCUT2D eigenvalue weighted by atomic mass is 9.64. The minimum atomic E-state index is 0.482. The maximum atomic E-state index is 3.75. The van der Waals surface area contributed by atoms with Gasteiger partial charge in [-0.1, -0.05) is 72.6 Å². The van der Waals surface area contributed by atoms with E-state index in [0.717, 1.165) is 5.92 Å². The van der Waals surface area contributed by atoms with Gasteiger partial charge in [-0.05, 0) is 49.7 Å². The summed E-state index contributed by atoms with van der Waals surface area (Å²) in [6.45, 7) is 9.32. The van der Waals surface area contributed by atoms with Crippen molar-refractivity contribution in [2.75, 3.05) is 0 Å². The lowest BCUT2D eigenvalue weighted by Crippen LogP contribution is -2.30. The molecule has 0 heteroatoms. The fourth-order valence-electron chi connectivity index (χ4n) is 3.97. The van der Waals surface area contributed by atoms with Crippen LogP contribution in [0.2, 0.25) is 0 Å². The van der Waals surface area contributed by atoms with E-state index in [4.69, 9.17) is 0 Å². The zero-order valence-corrected chi connectivity index (χ0v) is 15.1.